The Morgan fingerprint density at radius 2 is 1.57 bits per heavy atom. The second kappa shape index (κ2) is 6.95. The lowest BCUT2D eigenvalue weighted by atomic mass is 10.1. The van der Waals surface area contributed by atoms with E-state index in [4.69, 9.17) is 0 Å². The fourth-order valence-electron chi connectivity index (χ4n) is 1.84. The number of benzene rings is 2. The molecule has 0 radical (unpaired) electrons. The van der Waals surface area contributed by atoms with Crippen molar-refractivity contribution in [2.24, 2.45) is 0 Å². The van der Waals surface area contributed by atoms with E-state index < -0.39 is 35.8 Å². The van der Waals surface area contributed by atoms with Gasteiger partial charge in [-0.15, -0.1) is 0 Å². The average molecular weight is 323 g/mol. The third-order valence-electron chi connectivity index (χ3n) is 2.84. The molecule has 0 saturated carbocycles. The first-order chi connectivity index (χ1) is 10.9. The molecule has 2 aromatic rings. The van der Waals surface area contributed by atoms with E-state index in [-0.39, 0.29) is 0 Å². The van der Waals surface area contributed by atoms with Gasteiger partial charge in [-0.25, -0.2) is 4.79 Å². The van der Waals surface area contributed by atoms with Crippen molar-refractivity contribution in [2.75, 3.05) is 11.9 Å². The third kappa shape index (κ3) is 4.57. The van der Waals surface area contributed by atoms with E-state index in [0.717, 1.165) is 12.1 Å². The van der Waals surface area contributed by atoms with Crippen LogP contribution in [0.25, 0.3) is 0 Å². The van der Waals surface area contributed by atoms with Gasteiger partial charge in [-0.1, -0.05) is 30.3 Å². The van der Waals surface area contributed by atoms with Gasteiger partial charge in [-0.05, 0) is 24.3 Å². The van der Waals surface area contributed by atoms with E-state index in [1.54, 1.807) is 30.3 Å². The number of anilines is 1. The number of nitrogens with one attached hydrogen (secondary N) is 1. The summed E-state index contributed by atoms with van der Waals surface area (Å²) in [5.74, 6) is -1.85. The highest BCUT2D eigenvalue weighted by atomic mass is 19.4. The summed E-state index contributed by atoms with van der Waals surface area (Å²) in [5.41, 5.74) is -1.25. The number of carbonyl (C=O) groups excluding carboxylic acids is 2. The topological polar surface area (TPSA) is 55.4 Å². The van der Waals surface area contributed by atoms with E-state index in [1.807, 2.05) is 0 Å². The molecule has 0 aliphatic heterocycles. The van der Waals surface area contributed by atoms with E-state index in [1.165, 1.54) is 12.1 Å². The molecular weight excluding hydrogens is 311 g/mol. The maximum atomic E-state index is 12.8. The second-order valence-corrected chi connectivity index (χ2v) is 4.53. The molecule has 0 atom stereocenters. The van der Waals surface area contributed by atoms with Gasteiger partial charge in [0.25, 0.3) is 5.91 Å². The van der Waals surface area contributed by atoms with Crippen LogP contribution in [0.2, 0.25) is 0 Å². The molecule has 7 heteroatoms. The van der Waals surface area contributed by atoms with Gasteiger partial charge in [-0.2, -0.15) is 13.2 Å². The van der Waals surface area contributed by atoms with E-state index in [9.17, 15) is 22.8 Å². The summed E-state index contributed by atoms with van der Waals surface area (Å²) in [6, 6.07) is 12.6. The number of hydrogen-bond acceptors (Lipinski definition) is 3. The molecule has 4 nitrogen and oxygen atoms in total. The minimum absolute atomic E-state index is 0.490. The molecule has 0 unspecified atom stereocenters. The molecule has 0 spiro atoms. The predicted molar refractivity (Wildman–Crippen MR) is 76.8 cm³/mol. The molecule has 0 aliphatic carbocycles. The fourth-order valence-corrected chi connectivity index (χ4v) is 1.84. The first-order valence-corrected chi connectivity index (χ1v) is 6.56. The Kier molecular flexibility index (Phi) is 5.00. The van der Waals surface area contributed by atoms with Crippen molar-refractivity contribution >= 4 is 17.6 Å². The van der Waals surface area contributed by atoms with E-state index in [0.29, 0.717) is 5.69 Å². The largest absolute Gasteiger partial charge is 0.452 e. The Balaban J connectivity index is 1.99. The lowest BCUT2D eigenvalue weighted by molar-refractivity contribution is -0.138. The zero-order valence-electron chi connectivity index (χ0n) is 11.8. The minimum atomic E-state index is -4.68. The van der Waals surface area contributed by atoms with Crippen LogP contribution in [0.3, 0.4) is 0 Å². The van der Waals surface area contributed by atoms with Gasteiger partial charge in [-0.3, -0.25) is 4.79 Å². The Bertz CT molecular complexity index is 699. The lowest BCUT2D eigenvalue weighted by Crippen LogP contribution is -2.22. The Morgan fingerprint density at radius 3 is 2.22 bits per heavy atom. The van der Waals surface area contributed by atoms with Crippen LogP contribution in [-0.2, 0) is 15.7 Å². The van der Waals surface area contributed by atoms with Gasteiger partial charge in [0.05, 0.1) is 11.1 Å². The van der Waals surface area contributed by atoms with Crippen molar-refractivity contribution in [1.82, 2.24) is 0 Å². The number of hydrogen-bond donors (Lipinski definition) is 1. The monoisotopic (exact) mass is 323 g/mol. The molecule has 2 aromatic carbocycles. The number of alkyl halides is 3. The molecule has 0 bridgehead atoms. The van der Waals surface area contributed by atoms with Crippen molar-refractivity contribution in [1.29, 1.82) is 0 Å². The highest BCUT2D eigenvalue weighted by molar-refractivity contribution is 5.96. The van der Waals surface area contributed by atoms with Crippen LogP contribution in [0.5, 0.6) is 0 Å². The smallest absolute Gasteiger partial charge is 0.417 e. The van der Waals surface area contributed by atoms with E-state index >= 15 is 0 Å². The van der Waals surface area contributed by atoms with Crippen LogP contribution in [0.1, 0.15) is 15.9 Å². The summed E-state index contributed by atoms with van der Waals surface area (Å²) in [6.07, 6.45) is -4.68. The summed E-state index contributed by atoms with van der Waals surface area (Å²) in [4.78, 5) is 23.4. The highest BCUT2D eigenvalue weighted by Crippen LogP contribution is 2.32. The predicted octanol–water partition coefficient (Wildman–Crippen LogP) is 3.50. The number of amides is 1. The zero-order chi connectivity index (χ0) is 16.9. The lowest BCUT2D eigenvalue weighted by Gasteiger charge is -2.12. The molecule has 0 aliphatic rings. The summed E-state index contributed by atoms with van der Waals surface area (Å²) in [7, 11) is 0. The standard InChI is InChI=1S/C16H12F3NO3/c17-16(18,19)13-9-5-4-8-12(13)15(22)23-10-14(21)20-11-6-2-1-3-7-11/h1-9H,10H2,(H,20,21). The second-order valence-electron chi connectivity index (χ2n) is 4.53. The number of ether oxygens (including phenoxy) is 1. The maximum absolute atomic E-state index is 12.8. The third-order valence-corrected chi connectivity index (χ3v) is 2.84. The number of carbonyl (C=O) groups is 2. The van der Waals surface area contributed by atoms with Gasteiger partial charge < -0.3 is 10.1 Å². The summed E-state index contributed by atoms with van der Waals surface area (Å²) >= 11 is 0. The molecule has 0 fully saturated rings. The van der Waals surface area contributed by atoms with Crippen molar-refractivity contribution in [3.05, 3.63) is 65.7 Å². The normalized spacial score (nSPS) is 10.9. The van der Waals surface area contributed by atoms with Crippen LogP contribution in [0.4, 0.5) is 18.9 Å². The molecule has 0 saturated heterocycles. The molecule has 2 rings (SSSR count). The van der Waals surface area contributed by atoms with Crippen molar-refractivity contribution in [3.8, 4) is 0 Å². The molecule has 0 heterocycles. The Morgan fingerprint density at radius 1 is 0.957 bits per heavy atom. The van der Waals surface area contributed by atoms with Gasteiger partial charge in [0.2, 0.25) is 0 Å². The van der Waals surface area contributed by atoms with Crippen LogP contribution < -0.4 is 5.32 Å². The van der Waals surface area contributed by atoms with Gasteiger partial charge in [0.1, 0.15) is 0 Å². The average Bonchev–Trinajstić information content (AvgIpc) is 2.53. The molecule has 120 valence electrons. The Labute approximate surface area is 129 Å². The molecule has 1 amide bonds. The molecule has 1 N–H and O–H groups in total. The molecule has 23 heavy (non-hydrogen) atoms. The van der Waals surface area contributed by atoms with Crippen LogP contribution in [-0.4, -0.2) is 18.5 Å². The van der Waals surface area contributed by atoms with Crippen molar-refractivity contribution in [2.45, 2.75) is 6.18 Å². The number of halogens is 3. The summed E-state index contributed by atoms with van der Waals surface area (Å²) in [5, 5.41) is 2.46. The zero-order valence-corrected chi connectivity index (χ0v) is 11.8. The SMILES string of the molecule is O=C(COC(=O)c1ccccc1C(F)(F)F)Nc1ccccc1. The van der Waals surface area contributed by atoms with Gasteiger partial charge >= 0.3 is 12.1 Å². The fraction of sp³-hybridized carbons (Fsp3) is 0.125. The summed E-state index contributed by atoms with van der Waals surface area (Å²) < 4.78 is 43.1. The number of para-hydroxylation sites is 1. The maximum Gasteiger partial charge on any atom is 0.417 e. The van der Waals surface area contributed by atoms with E-state index in [2.05, 4.69) is 10.1 Å². The van der Waals surface area contributed by atoms with Gasteiger partial charge in [0, 0.05) is 5.69 Å². The van der Waals surface area contributed by atoms with Crippen LogP contribution >= 0.6 is 0 Å². The van der Waals surface area contributed by atoms with Crippen molar-refractivity contribution < 1.29 is 27.5 Å². The first kappa shape index (κ1) is 16.5. The molecular formula is C16H12F3NO3. The van der Waals surface area contributed by atoms with Crippen LogP contribution in [0, 0.1) is 0 Å². The minimum Gasteiger partial charge on any atom is -0.452 e. The van der Waals surface area contributed by atoms with Gasteiger partial charge in [0.15, 0.2) is 6.61 Å². The highest BCUT2D eigenvalue weighted by Gasteiger charge is 2.35. The number of rotatable bonds is 4. The van der Waals surface area contributed by atoms with Crippen molar-refractivity contribution in [3.63, 3.8) is 0 Å². The molecule has 0 aromatic heterocycles. The quantitative estimate of drug-likeness (QED) is 0.876. The first-order valence-electron chi connectivity index (χ1n) is 6.56. The summed E-state index contributed by atoms with van der Waals surface area (Å²) in [6.45, 7) is -0.681. The number of esters is 1. The Hall–Kier alpha value is -2.83. The van der Waals surface area contributed by atoms with Crippen LogP contribution in [0.15, 0.2) is 54.6 Å².